The Balaban J connectivity index is 3.31. The third-order valence-corrected chi connectivity index (χ3v) is 3.28. The van der Waals surface area contributed by atoms with Gasteiger partial charge in [0.15, 0.2) is 11.6 Å². The molecule has 0 bridgehead atoms. The van der Waals surface area contributed by atoms with E-state index in [1.165, 1.54) is 0 Å². The van der Waals surface area contributed by atoms with E-state index < -0.39 is 72.3 Å². The number of carboxylic acid groups (broad SMARTS) is 2. The first-order valence-electron chi connectivity index (χ1n) is 6.65. The Hall–Kier alpha value is -2.86. The predicted octanol–water partition coefficient (Wildman–Crippen LogP) is -4.29. The van der Waals surface area contributed by atoms with E-state index in [-0.39, 0.29) is 0 Å². The molecule has 1 rings (SSSR count). The largest absolute Gasteiger partial charge is 0.481 e. The van der Waals surface area contributed by atoms with Gasteiger partial charge in [-0.25, -0.2) is 0 Å². The van der Waals surface area contributed by atoms with E-state index in [0.29, 0.717) is 0 Å². The number of aliphatic carboxylic acids is 2. The van der Waals surface area contributed by atoms with Crippen LogP contribution in [0.25, 0.3) is 0 Å². The molecule has 1 heterocycles. The number of nitrogens with two attached hydrogens (primary N) is 2. The van der Waals surface area contributed by atoms with Gasteiger partial charge in [-0.15, -0.1) is 0 Å². The van der Waals surface area contributed by atoms with Crippen LogP contribution in [0.4, 0.5) is 0 Å². The monoisotopic (exact) mass is 344 g/mol. The van der Waals surface area contributed by atoms with Crippen molar-refractivity contribution in [1.29, 1.82) is 0 Å². The molecule has 24 heavy (non-hydrogen) atoms. The number of carbonyl (C=O) groups is 6. The van der Waals surface area contributed by atoms with Gasteiger partial charge in [-0.3, -0.25) is 28.8 Å². The van der Waals surface area contributed by atoms with Gasteiger partial charge in [0, 0.05) is 0 Å². The van der Waals surface area contributed by atoms with Crippen molar-refractivity contribution in [3.05, 3.63) is 0 Å². The molecule has 132 valence electrons. The highest BCUT2D eigenvalue weighted by molar-refractivity contribution is 6.34. The number of hydrogen-bond acceptors (Lipinski definition) is 8. The molecule has 0 aromatic carbocycles. The van der Waals surface area contributed by atoms with Gasteiger partial charge in [-0.2, -0.15) is 0 Å². The van der Waals surface area contributed by atoms with E-state index >= 15 is 0 Å². The summed E-state index contributed by atoms with van der Waals surface area (Å²) < 4.78 is 0. The maximum Gasteiger partial charge on any atom is 0.305 e. The van der Waals surface area contributed by atoms with Crippen LogP contribution >= 0.6 is 0 Å². The Morgan fingerprint density at radius 3 is 1.79 bits per heavy atom. The highest BCUT2D eigenvalue weighted by Gasteiger charge is 2.58. The first kappa shape index (κ1) is 19.2. The molecular weight excluding hydrogens is 328 g/mol. The smallest absolute Gasteiger partial charge is 0.305 e. The van der Waals surface area contributed by atoms with Crippen LogP contribution < -0.4 is 22.1 Å². The van der Waals surface area contributed by atoms with Crippen LogP contribution in [0.5, 0.6) is 0 Å². The average Bonchev–Trinajstić information content (AvgIpc) is 2.46. The molecule has 0 aromatic heterocycles. The van der Waals surface area contributed by atoms with E-state index in [0.717, 1.165) is 0 Å². The second kappa shape index (κ2) is 7.14. The van der Waals surface area contributed by atoms with Crippen LogP contribution in [0.1, 0.15) is 12.8 Å². The minimum atomic E-state index is -2.86. The molecule has 1 aliphatic heterocycles. The zero-order valence-electron chi connectivity index (χ0n) is 12.3. The second-order valence-electron chi connectivity index (χ2n) is 5.12. The molecule has 1 fully saturated rings. The van der Waals surface area contributed by atoms with E-state index in [1.807, 2.05) is 10.6 Å². The molecule has 1 aliphatic rings. The number of carboxylic acids is 2. The van der Waals surface area contributed by atoms with Gasteiger partial charge in [0.25, 0.3) is 5.91 Å². The van der Waals surface area contributed by atoms with Crippen molar-refractivity contribution in [2.24, 2.45) is 11.5 Å². The summed E-state index contributed by atoms with van der Waals surface area (Å²) in [6.07, 6.45) is -1.82. The molecule has 2 amide bonds. The second-order valence-corrected chi connectivity index (χ2v) is 5.12. The number of hydrogen-bond donors (Lipinski definition) is 6. The summed E-state index contributed by atoms with van der Waals surface area (Å²) in [5.74, 6) is -7.89. The van der Waals surface area contributed by atoms with Crippen LogP contribution in [-0.2, 0) is 28.8 Å². The summed E-state index contributed by atoms with van der Waals surface area (Å²) in [5.41, 5.74) is 7.96. The van der Waals surface area contributed by atoms with Crippen molar-refractivity contribution < 1.29 is 39.0 Å². The fraction of sp³-hybridized carbons (Fsp3) is 0.500. The Bertz CT molecular complexity index is 582. The summed E-state index contributed by atoms with van der Waals surface area (Å²) >= 11 is 0. The fourth-order valence-corrected chi connectivity index (χ4v) is 2.19. The van der Waals surface area contributed by atoms with Gasteiger partial charge in [0.05, 0.1) is 31.5 Å². The fourth-order valence-electron chi connectivity index (χ4n) is 2.19. The third kappa shape index (κ3) is 3.72. The van der Waals surface area contributed by atoms with E-state index in [9.17, 15) is 28.8 Å². The number of Topliss-reactive ketones (excluding diaryl/α,β-unsaturated/α-hetero) is 2. The molecule has 0 radical (unpaired) electrons. The average molecular weight is 344 g/mol. The molecular formula is C12H16N4O8. The molecule has 12 nitrogen and oxygen atoms in total. The van der Waals surface area contributed by atoms with Crippen LogP contribution in [0.3, 0.4) is 0 Å². The zero-order chi connectivity index (χ0) is 18.7. The van der Waals surface area contributed by atoms with Crippen LogP contribution in [-0.4, -0.2) is 69.7 Å². The molecule has 0 aromatic rings. The summed E-state index contributed by atoms with van der Waals surface area (Å²) in [7, 11) is 0. The number of ketones is 2. The SMILES string of the molecule is N[C@@H](CC(=O)O)C(=O)C1(C(=O)[C@@H](N)CC(=O)O)NC(=O)CNC1=O. The normalized spacial score (nSPS) is 18.8. The number of nitrogens with one attached hydrogen (secondary N) is 2. The highest BCUT2D eigenvalue weighted by atomic mass is 16.4. The summed E-state index contributed by atoms with van der Waals surface area (Å²) in [5, 5.41) is 21.3. The van der Waals surface area contributed by atoms with Crippen molar-refractivity contribution in [3.63, 3.8) is 0 Å². The zero-order valence-corrected chi connectivity index (χ0v) is 12.3. The quantitative estimate of drug-likeness (QED) is 0.233. The topological polar surface area (TPSA) is 219 Å². The minimum absolute atomic E-state index is 0.524. The molecule has 1 saturated heterocycles. The molecule has 0 unspecified atom stereocenters. The lowest BCUT2D eigenvalue weighted by molar-refractivity contribution is -0.154. The summed E-state index contributed by atoms with van der Waals surface area (Å²) in [4.78, 5) is 70.0. The van der Waals surface area contributed by atoms with Crippen LogP contribution in [0.15, 0.2) is 0 Å². The molecule has 2 atom stereocenters. The first-order chi connectivity index (χ1) is 11.0. The standard InChI is InChI=1S/C12H16N4O8/c13-4(1-7(18)19)9(22)12(10(23)5(14)2-8(20)21)11(24)15-3-6(17)16-12/h4-5H,1-3,13-14H2,(H,15,24)(H,16,17)(H,18,19)(H,20,21)/t4-,5-/m0/s1. The van der Waals surface area contributed by atoms with Gasteiger partial charge < -0.3 is 32.3 Å². The lowest BCUT2D eigenvalue weighted by Crippen LogP contribution is -2.77. The Kier molecular flexibility index (Phi) is 5.71. The summed E-state index contributed by atoms with van der Waals surface area (Å²) in [6.45, 7) is -0.524. The van der Waals surface area contributed by atoms with Crippen LogP contribution in [0, 0.1) is 0 Å². The summed E-state index contributed by atoms with van der Waals surface area (Å²) in [6, 6.07) is -3.60. The van der Waals surface area contributed by atoms with Gasteiger partial charge in [0.2, 0.25) is 11.4 Å². The highest BCUT2D eigenvalue weighted by Crippen LogP contribution is 2.18. The van der Waals surface area contributed by atoms with Gasteiger partial charge in [-0.1, -0.05) is 0 Å². The van der Waals surface area contributed by atoms with Crippen molar-refractivity contribution in [2.45, 2.75) is 30.5 Å². The molecule has 0 saturated carbocycles. The van der Waals surface area contributed by atoms with Gasteiger partial charge >= 0.3 is 11.9 Å². The Morgan fingerprint density at radius 1 is 1.00 bits per heavy atom. The van der Waals surface area contributed by atoms with Crippen molar-refractivity contribution in [1.82, 2.24) is 10.6 Å². The number of piperazine rings is 1. The maximum atomic E-state index is 12.5. The van der Waals surface area contributed by atoms with Gasteiger partial charge in [0.1, 0.15) is 0 Å². The van der Waals surface area contributed by atoms with Gasteiger partial charge in [-0.05, 0) is 0 Å². The minimum Gasteiger partial charge on any atom is -0.481 e. The lowest BCUT2D eigenvalue weighted by atomic mass is 9.79. The number of amides is 2. The lowest BCUT2D eigenvalue weighted by Gasteiger charge is -2.36. The predicted molar refractivity (Wildman–Crippen MR) is 74.4 cm³/mol. The molecule has 0 aliphatic carbocycles. The van der Waals surface area contributed by atoms with E-state index in [2.05, 4.69) is 0 Å². The van der Waals surface area contributed by atoms with E-state index in [4.69, 9.17) is 21.7 Å². The molecule has 0 spiro atoms. The Morgan fingerprint density at radius 2 is 1.42 bits per heavy atom. The number of carbonyl (C=O) groups excluding carboxylic acids is 4. The third-order valence-electron chi connectivity index (χ3n) is 3.28. The van der Waals surface area contributed by atoms with Crippen molar-refractivity contribution in [2.75, 3.05) is 6.54 Å². The Labute approximate surface area is 134 Å². The van der Waals surface area contributed by atoms with Crippen molar-refractivity contribution in [3.8, 4) is 0 Å². The van der Waals surface area contributed by atoms with Crippen molar-refractivity contribution >= 4 is 35.3 Å². The number of rotatable bonds is 8. The van der Waals surface area contributed by atoms with Crippen LogP contribution in [0.2, 0.25) is 0 Å². The molecule has 8 N–H and O–H groups in total. The molecule has 12 heteroatoms. The van der Waals surface area contributed by atoms with E-state index in [1.54, 1.807) is 0 Å². The maximum absolute atomic E-state index is 12.5. The first-order valence-corrected chi connectivity index (χ1v) is 6.65.